The summed E-state index contributed by atoms with van der Waals surface area (Å²) in [5, 5.41) is 2.68. The lowest BCUT2D eigenvalue weighted by Crippen LogP contribution is -2.26. The Bertz CT molecular complexity index is 1660. The number of hydrogen-bond acceptors (Lipinski definition) is 5. The van der Waals surface area contributed by atoms with Crippen LogP contribution in [0.2, 0.25) is 0 Å². The Labute approximate surface area is 220 Å². The Balaban J connectivity index is 1.42. The first kappa shape index (κ1) is 26.8. The monoisotopic (exact) mass is 553 g/mol. The highest BCUT2D eigenvalue weighted by atomic mass is 32.2. The van der Waals surface area contributed by atoms with Crippen molar-refractivity contribution in [2.24, 2.45) is 0 Å². The second-order valence-electron chi connectivity index (χ2n) is 8.42. The second-order valence-corrected chi connectivity index (χ2v) is 12.1. The van der Waals surface area contributed by atoms with Crippen LogP contribution < -0.4 is 14.3 Å². The third kappa shape index (κ3) is 6.01. The van der Waals surface area contributed by atoms with E-state index in [1.165, 1.54) is 67.7 Å². The Kier molecular flexibility index (Phi) is 7.51. The van der Waals surface area contributed by atoms with Crippen LogP contribution in [0, 0.1) is 12.7 Å². The average molecular weight is 554 g/mol. The zero-order valence-corrected chi connectivity index (χ0v) is 22.1. The lowest BCUT2D eigenvalue weighted by Gasteiger charge is -2.20. The molecule has 2 N–H and O–H groups in total. The third-order valence-corrected chi connectivity index (χ3v) is 8.89. The molecule has 0 atom stereocenters. The summed E-state index contributed by atoms with van der Waals surface area (Å²) in [6, 6.07) is 23.0. The van der Waals surface area contributed by atoms with Crippen molar-refractivity contribution in [2.45, 2.75) is 16.7 Å². The number of rotatable bonds is 8. The molecular formula is C27H24FN3O5S2. The molecule has 0 saturated carbocycles. The van der Waals surface area contributed by atoms with Gasteiger partial charge in [0, 0.05) is 24.0 Å². The molecule has 0 aliphatic carbocycles. The van der Waals surface area contributed by atoms with Gasteiger partial charge < -0.3 is 5.32 Å². The second kappa shape index (κ2) is 10.6. The van der Waals surface area contributed by atoms with Crippen molar-refractivity contribution < 1.29 is 26.0 Å². The summed E-state index contributed by atoms with van der Waals surface area (Å²) in [6.45, 7) is 1.87. The first-order valence-electron chi connectivity index (χ1n) is 11.3. The van der Waals surface area contributed by atoms with E-state index in [1.54, 1.807) is 24.3 Å². The van der Waals surface area contributed by atoms with Crippen LogP contribution in [0.3, 0.4) is 0 Å². The molecule has 4 rings (SSSR count). The van der Waals surface area contributed by atoms with Gasteiger partial charge in [-0.2, -0.15) is 0 Å². The number of nitrogens with one attached hydrogen (secondary N) is 2. The first-order chi connectivity index (χ1) is 18.0. The molecule has 11 heteroatoms. The predicted octanol–water partition coefficient (Wildman–Crippen LogP) is 5.01. The molecule has 196 valence electrons. The maximum absolute atomic E-state index is 13.1. The molecule has 0 fully saturated rings. The van der Waals surface area contributed by atoms with Gasteiger partial charge in [0.05, 0.1) is 15.5 Å². The largest absolute Gasteiger partial charge is 0.322 e. The van der Waals surface area contributed by atoms with Crippen molar-refractivity contribution in [1.82, 2.24) is 0 Å². The summed E-state index contributed by atoms with van der Waals surface area (Å²) in [5.41, 5.74) is 2.18. The van der Waals surface area contributed by atoms with Crippen LogP contribution in [0.15, 0.2) is 107 Å². The van der Waals surface area contributed by atoms with E-state index in [4.69, 9.17) is 0 Å². The van der Waals surface area contributed by atoms with E-state index in [9.17, 15) is 26.0 Å². The topological polar surface area (TPSA) is 113 Å². The Morgan fingerprint density at radius 1 is 0.711 bits per heavy atom. The predicted molar refractivity (Wildman–Crippen MR) is 145 cm³/mol. The van der Waals surface area contributed by atoms with Crippen LogP contribution in [-0.2, 0) is 20.0 Å². The summed E-state index contributed by atoms with van der Waals surface area (Å²) in [7, 11) is -6.24. The number of hydrogen-bond donors (Lipinski definition) is 2. The van der Waals surface area contributed by atoms with Crippen LogP contribution in [0.5, 0.6) is 0 Å². The van der Waals surface area contributed by atoms with E-state index in [1.807, 2.05) is 6.92 Å². The summed E-state index contributed by atoms with van der Waals surface area (Å²) in [4.78, 5) is 12.8. The number of sulfonamides is 2. The number of anilines is 3. The minimum Gasteiger partial charge on any atom is -0.322 e. The quantitative estimate of drug-likeness (QED) is 0.319. The summed E-state index contributed by atoms with van der Waals surface area (Å²) >= 11 is 0. The van der Waals surface area contributed by atoms with E-state index >= 15 is 0 Å². The van der Waals surface area contributed by atoms with E-state index in [0.29, 0.717) is 11.4 Å². The smallest absolute Gasteiger partial charge is 0.264 e. The van der Waals surface area contributed by atoms with Gasteiger partial charge in [0.15, 0.2) is 0 Å². The molecule has 0 aliphatic heterocycles. The van der Waals surface area contributed by atoms with E-state index in [-0.39, 0.29) is 21.0 Å². The SMILES string of the molecule is Cc1ccc(S(=O)(=O)N(C)c2ccc(C(=O)Nc3ccc(S(=O)(=O)Nc4ccc(F)cc4)cc3)cc2)cc1. The van der Waals surface area contributed by atoms with Crippen molar-refractivity contribution in [2.75, 3.05) is 21.4 Å². The molecule has 38 heavy (non-hydrogen) atoms. The lowest BCUT2D eigenvalue weighted by molar-refractivity contribution is 0.102. The van der Waals surface area contributed by atoms with Crippen molar-refractivity contribution in [3.05, 3.63) is 114 Å². The van der Waals surface area contributed by atoms with Crippen molar-refractivity contribution >= 4 is 43.0 Å². The molecule has 0 radical (unpaired) electrons. The Hall–Kier alpha value is -4.22. The number of amides is 1. The zero-order valence-electron chi connectivity index (χ0n) is 20.4. The first-order valence-corrected chi connectivity index (χ1v) is 14.2. The summed E-state index contributed by atoms with van der Waals surface area (Å²) < 4.78 is 67.5. The molecule has 8 nitrogen and oxygen atoms in total. The molecule has 0 bridgehead atoms. The van der Waals surface area contributed by atoms with Crippen LogP contribution in [-0.4, -0.2) is 29.8 Å². The molecule has 0 heterocycles. The normalized spacial score (nSPS) is 11.6. The highest BCUT2D eigenvalue weighted by Gasteiger charge is 2.21. The van der Waals surface area contributed by atoms with Gasteiger partial charge in [0.2, 0.25) is 0 Å². The molecule has 0 unspecified atom stereocenters. The lowest BCUT2D eigenvalue weighted by atomic mass is 10.2. The summed E-state index contributed by atoms with van der Waals surface area (Å²) in [5.74, 6) is -0.942. The van der Waals surface area contributed by atoms with E-state index in [2.05, 4.69) is 10.0 Å². The number of nitrogens with zero attached hydrogens (tertiary/aromatic N) is 1. The maximum Gasteiger partial charge on any atom is 0.264 e. The van der Waals surface area contributed by atoms with Gasteiger partial charge in [-0.25, -0.2) is 21.2 Å². The molecule has 4 aromatic carbocycles. The average Bonchev–Trinajstić information content (AvgIpc) is 2.90. The fraction of sp³-hybridized carbons (Fsp3) is 0.0741. The molecule has 4 aromatic rings. The number of carbonyl (C=O) groups is 1. The zero-order chi connectivity index (χ0) is 27.5. The van der Waals surface area contributed by atoms with Gasteiger partial charge in [0.1, 0.15) is 5.82 Å². The van der Waals surface area contributed by atoms with Crippen LogP contribution >= 0.6 is 0 Å². The van der Waals surface area contributed by atoms with E-state index in [0.717, 1.165) is 22.0 Å². The fourth-order valence-electron chi connectivity index (χ4n) is 3.48. The maximum atomic E-state index is 13.1. The molecular weight excluding hydrogens is 529 g/mol. The molecule has 0 saturated heterocycles. The van der Waals surface area contributed by atoms with Crippen molar-refractivity contribution in [3.63, 3.8) is 0 Å². The molecule has 0 aliphatic rings. The summed E-state index contributed by atoms with van der Waals surface area (Å²) in [6.07, 6.45) is 0. The molecule has 0 spiro atoms. The van der Waals surface area contributed by atoms with Gasteiger partial charge in [-0.15, -0.1) is 0 Å². The number of carbonyl (C=O) groups excluding carboxylic acids is 1. The Morgan fingerprint density at radius 2 is 1.24 bits per heavy atom. The standard InChI is InChI=1S/C27H24FN3O5S2/c1-19-3-15-26(16-4-19)38(35,36)31(2)24-13-5-20(6-14-24)27(32)29-22-11-17-25(18-12-22)37(33,34)30-23-9-7-21(28)8-10-23/h3-18,30H,1-2H3,(H,29,32). The minimum atomic E-state index is -3.91. The van der Waals surface area contributed by atoms with Crippen molar-refractivity contribution in [1.29, 1.82) is 0 Å². The molecule has 1 amide bonds. The van der Waals surface area contributed by atoms with Crippen LogP contribution in [0.25, 0.3) is 0 Å². The van der Waals surface area contributed by atoms with E-state index < -0.39 is 31.8 Å². The van der Waals surface area contributed by atoms with Gasteiger partial charge in [-0.05, 0) is 91.9 Å². The number of benzene rings is 4. The van der Waals surface area contributed by atoms with Crippen LogP contribution in [0.1, 0.15) is 15.9 Å². The Morgan fingerprint density at radius 3 is 1.82 bits per heavy atom. The minimum absolute atomic E-state index is 0.0398. The molecule has 0 aromatic heterocycles. The number of aryl methyl sites for hydroxylation is 1. The van der Waals surface area contributed by atoms with Gasteiger partial charge >= 0.3 is 0 Å². The van der Waals surface area contributed by atoms with Crippen LogP contribution in [0.4, 0.5) is 21.5 Å². The highest BCUT2D eigenvalue weighted by molar-refractivity contribution is 7.93. The van der Waals surface area contributed by atoms with Gasteiger partial charge in [-0.1, -0.05) is 17.7 Å². The fourth-order valence-corrected chi connectivity index (χ4v) is 5.74. The van der Waals surface area contributed by atoms with Crippen molar-refractivity contribution in [3.8, 4) is 0 Å². The third-order valence-electron chi connectivity index (χ3n) is 5.69. The number of halogens is 1. The highest BCUT2D eigenvalue weighted by Crippen LogP contribution is 2.24. The van der Waals surface area contributed by atoms with Gasteiger partial charge in [0.25, 0.3) is 26.0 Å². The van der Waals surface area contributed by atoms with Gasteiger partial charge in [-0.3, -0.25) is 13.8 Å².